The van der Waals surface area contributed by atoms with E-state index in [1.165, 1.54) is 12.1 Å². The number of Topliss-reactive ketones (excluding diaryl/α,β-unsaturated/α-hetero) is 1. The predicted octanol–water partition coefficient (Wildman–Crippen LogP) is 10.7. The minimum atomic E-state index is -0.563. The Labute approximate surface area is 265 Å². The zero-order chi connectivity index (χ0) is 31.4. The lowest BCUT2D eigenvalue weighted by molar-refractivity contribution is -0.121. The van der Waals surface area contributed by atoms with Crippen molar-refractivity contribution in [3.63, 3.8) is 0 Å². The van der Waals surface area contributed by atoms with E-state index in [-0.39, 0.29) is 28.5 Å². The molecule has 0 saturated carbocycles. The number of esters is 1. The van der Waals surface area contributed by atoms with E-state index < -0.39 is 5.97 Å². The summed E-state index contributed by atoms with van der Waals surface area (Å²) in [5, 5.41) is 9.79. The molecule has 5 heteroatoms. The zero-order valence-corrected chi connectivity index (χ0v) is 27.5. The van der Waals surface area contributed by atoms with Crippen molar-refractivity contribution < 1.29 is 19.4 Å². The first-order valence-electron chi connectivity index (χ1n) is 16.0. The molecule has 1 aromatic rings. The number of thioether (sulfide) groups is 1. The van der Waals surface area contributed by atoms with Gasteiger partial charge in [-0.3, -0.25) is 4.79 Å². The van der Waals surface area contributed by atoms with Gasteiger partial charge in [-0.05, 0) is 88.5 Å². The Balaban J connectivity index is 2.18. The van der Waals surface area contributed by atoms with Crippen LogP contribution < -0.4 is 0 Å². The van der Waals surface area contributed by atoms with Crippen molar-refractivity contribution in [3.8, 4) is 5.75 Å². The molecule has 0 radical (unpaired) electrons. The SMILES string of the molecule is CC/C=C\C/C=C\C/C=C\C/C=C\C/C=C\C/C=C\CCCSC(CC)(CC)C(=O)CCCOC(=O)c1ccccc1O. The summed E-state index contributed by atoms with van der Waals surface area (Å²) in [4.78, 5) is 25.2. The fraction of sp³-hybridized carbons (Fsp3) is 0.474. The molecule has 0 amide bonds. The van der Waals surface area contributed by atoms with Crippen LogP contribution in [0.15, 0.2) is 97.2 Å². The number of phenols is 1. The Morgan fingerprint density at radius 3 is 1.77 bits per heavy atom. The maximum Gasteiger partial charge on any atom is 0.341 e. The van der Waals surface area contributed by atoms with Crippen LogP contribution in [0, 0.1) is 0 Å². The molecule has 43 heavy (non-hydrogen) atoms. The van der Waals surface area contributed by atoms with Crippen LogP contribution in [0.2, 0.25) is 0 Å². The lowest BCUT2D eigenvalue weighted by Crippen LogP contribution is -2.34. The Morgan fingerprint density at radius 2 is 1.26 bits per heavy atom. The second-order valence-corrected chi connectivity index (χ2v) is 11.8. The van der Waals surface area contributed by atoms with Crippen LogP contribution in [0.1, 0.15) is 108 Å². The highest BCUT2D eigenvalue weighted by Crippen LogP contribution is 2.35. The van der Waals surface area contributed by atoms with Crippen molar-refractivity contribution in [1.29, 1.82) is 0 Å². The number of hydrogen-bond donors (Lipinski definition) is 1. The third kappa shape index (κ3) is 17.6. The number of phenolic OH excluding ortho intramolecular Hbond substituents is 1. The third-order valence-electron chi connectivity index (χ3n) is 7.05. The van der Waals surface area contributed by atoms with Crippen molar-refractivity contribution in [2.75, 3.05) is 12.4 Å². The van der Waals surface area contributed by atoms with Crippen molar-refractivity contribution >= 4 is 23.5 Å². The predicted molar refractivity (Wildman–Crippen MR) is 186 cm³/mol. The van der Waals surface area contributed by atoms with E-state index >= 15 is 0 Å². The van der Waals surface area contributed by atoms with Crippen molar-refractivity contribution in [3.05, 3.63) is 103 Å². The molecule has 0 aliphatic rings. The largest absolute Gasteiger partial charge is 0.507 e. The molecule has 0 aliphatic heterocycles. The summed E-state index contributed by atoms with van der Waals surface area (Å²) in [6.07, 6.45) is 37.1. The number of rotatable bonds is 24. The number of unbranched alkanes of at least 4 members (excludes halogenated alkanes) is 1. The van der Waals surface area contributed by atoms with E-state index in [4.69, 9.17) is 4.74 Å². The standard InChI is InChI=1S/C38H54O4S/c1-4-7-8-9-10-11-12-13-14-15-16-17-18-19-20-21-22-23-24-27-33-43-38(5-2,6-3)36(40)31-28-32-42-37(41)34-29-25-26-30-35(34)39/h7-8,10-11,13-14,16-17,19-20,22-23,25-26,29-30,39H,4-6,9,12,15,18,21,24,27-28,31-33H2,1-3H3/b8-7-,11-10-,14-13-,17-16-,20-19-,23-22-. The monoisotopic (exact) mass is 606 g/mol. The van der Waals surface area contributed by atoms with E-state index in [1.807, 2.05) is 0 Å². The van der Waals surface area contributed by atoms with Crippen LogP contribution >= 0.6 is 11.8 Å². The molecule has 0 aromatic heterocycles. The molecule has 0 spiro atoms. The molecule has 1 aromatic carbocycles. The number of aromatic hydroxyl groups is 1. The summed E-state index contributed by atoms with van der Waals surface area (Å²) in [5.74, 6) is 0.517. The highest BCUT2D eigenvalue weighted by Gasteiger charge is 2.34. The molecule has 0 aliphatic carbocycles. The minimum Gasteiger partial charge on any atom is -0.507 e. The fourth-order valence-corrected chi connectivity index (χ4v) is 5.76. The molecule has 0 bridgehead atoms. The zero-order valence-electron chi connectivity index (χ0n) is 26.7. The van der Waals surface area contributed by atoms with E-state index in [2.05, 4.69) is 93.7 Å². The fourth-order valence-electron chi connectivity index (χ4n) is 4.39. The molecular weight excluding hydrogens is 552 g/mol. The lowest BCUT2D eigenvalue weighted by atomic mass is 9.94. The summed E-state index contributed by atoms with van der Waals surface area (Å²) < 4.78 is 4.89. The summed E-state index contributed by atoms with van der Waals surface area (Å²) in [6.45, 7) is 6.48. The Kier molecular flexibility index (Phi) is 22.5. The molecule has 0 saturated heterocycles. The van der Waals surface area contributed by atoms with Crippen molar-refractivity contribution in [2.24, 2.45) is 0 Å². The minimum absolute atomic E-state index is 0.0972. The number of benzene rings is 1. The normalized spacial score (nSPS) is 12.7. The number of carbonyl (C=O) groups is 2. The van der Waals surface area contributed by atoms with Gasteiger partial charge in [-0.1, -0.05) is 106 Å². The van der Waals surface area contributed by atoms with Gasteiger partial charge in [0, 0.05) is 6.42 Å². The molecule has 0 unspecified atom stereocenters. The van der Waals surface area contributed by atoms with E-state index in [0.717, 1.165) is 70.0 Å². The van der Waals surface area contributed by atoms with Crippen LogP contribution in [-0.2, 0) is 9.53 Å². The molecule has 1 N–H and O–H groups in total. The van der Waals surface area contributed by atoms with Gasteiger partial charge < -0.3 is 9.84 Å². The molecule has 0 fully saturated rings. The first-order chi connectivity index (χ1) is 21.0. The summed E-state index contributed by atoms with van der Waals surface area (Å²) in [6, 6.07) is 6.31. The van der Waals surface area contributed by atoms with Gasteiger partial charge in [-0.15, -0.1) is 11.8 Å². The van der Waals surface area contributed by atoms with Crippen LogP contribution in [0.4, 0.5) is 0 Å². The third-order valence-corrected chi connectivity index (χ3v) is 8.90. The topological polar surface area (TPSA) is 63.6 Å². The molecular formula is C38H54O4S. The average Bonchev–Trinajstić information content (AvgIpc) is 3.02. The van der Waals surface area contributed by atoms with Crippen molar-refractivity contribution in [2.45, 2.75) is 103 Å². The molecule has 236 valence electrons. The number of hydrogen-bond acceptors (Lipinski definition) is 5. The second-order valence-electron chi connectivity index (χ2n) is 10.3. The van der Waals surface area contributed by atoms with Crippen molar-refractivity contribution in [1.82, 2.24) is 0 Å². The van der Waals surface area contributed by atoms with Gasteiger partial charge in [0.05, 0.1) is 11.4 Å². The Morgan fingerprint density at radius 1 is 0.744 bits per heavy atom. The van der Waals surface area contributed by atoms with Gasteiger partial charge in [0.2, 0.25) is 0 Å². The first-order valence-corrected chi connectivity index (χ1v) is 17.0. The maximum atomic E-state index is 13.1. The van der Waals surface area contributed by atoms with Gasteiger partial charge in [-0.25, -0.2) is 4.79 Å². The maximum absolute atomic E-state index is 13.1. The van der Waals surface area contributed by atoms with E-state index in [1.54, 1.807) is 23.9 Å². The first kappa shape index (κ1) is 38.0. The highest BCUT2D eigenvalue weighted by molar-refractivity contribution is 8.01. The van der Waals surface area contributed by atoms with E-state index in [9.17, 15) is 14.7 Å². The summed E-state index contributed by atoms with van der Waals surface area (Å²) in [5.41, 5.74) is 0.146. The van der Waals surface area contributed by atoms with Crippen LogP contribution in [0.5, 0.6) is 5.75 Å². The number of ether oxygens (including phenoxy) is 1. The second kappa shape index (κ2) is 25.4. The number of ketones is 1. The smallest absolute Gasteiger partial charge is 0.341 e. The summed E-state index contributed by atoms with van der Waals surface area (Å²) >= 11 is 1.77. The molecule has 1 rings (SSSR count). The quantitative estimate of drug-likeness (QED) is 0.0720. The lowest BCUT2D eigenvalue weighted by Gasteiger charge is -2.29. The van der Waals surface area contributed by atoms with Gasteiger partial charge >= 0.3 is 5.97 Å². The highest BCUT2D eigenvalue weighted by atomic mass is 32.2. The van der Waals surface area contributed by atoms with Gasteiger partial charge in [0.15, 0.2) is 0 Å². The number of allylic oxidation sites excluding steroid dienone is 12. The van der Waals surface area contributed by atoms with E-state index in [0.29, 0.717) is 12.8 Å². The van der Waals surface area contributed by atoms with Crippen LogP contribution in [0.25, 0.3) is 0 Å². The molecule has 0 atom stereocenters. The van der Waals surface area contributed by atoms with Crippen LogP contribution in [-0.4, -0.2) is 34.0 Å². The number of para-hydroxylation sites is 1. The molecule has 4 nitrogen and oxygen atoms in total. The van der Waals surface area contributed by atoms with Gasteiger partial charge in [0.1, 0.15) is 17.1 Å². The molecule has 0 heterocycles. The average molecular weight is 607 g/mol. The summed E-state index contributed by atoms with van der Waals surface area (Å²) in [7, 11) is 0. The van der Waals surface area contributed by atoms with Crippen LogP contribution in [0.3, 0.4) is 0 Å². The van der Waals surface area contributed by atoms with Gasteiger partial charge in [-0.2, -0.15) is 0 Å². The Bertz CT molecular complexity index is 1070. The Hall–Kier alpha value is -3.05. The van der Waals surface area contributed by atoms with Gasteiger partial charge in [0.25, 0.3) is 0 Å². The number of carbonyl (C=O) groups excluding carboxylic acids is 2.